The molecule has 0 atom stereocenters. The van der Waals surface area contributed by atoms with Gasteiger partial charge in [-0.1, -0.05) is 36.0 Å². The first kappa shape index (κ1) is 17.5. The van der Waals surface area contributed by atoms with E-state index in [1.54, 1.807) is 0 Å². The van der Waals surface area contributed by atoms with Gasteiger partial charge in [0.15, 0.2) is 11.0 Å². The number of nitriles is 1. The first-order valence-corrected chi connectivity index (χ1v) is 9.34. The molecule has 0 radical (unpaired) electrons. The lowest BCUT2D eigenvalue weighted by Crippen LogP contribution is -2.45. The Morgan fingerprint density at radius 2 is 2.08 bits per heavy atom. The highest BCUT2D eigenvalue weighted by molar-refractivity contribution is 7.99. The number of rotatable bonds is 5. The fraction of sp³-hybridized carbons (Fsp3) is 0.444. The largest absolute Gasteiger partial charge is 0.337 e. The molecule has 6 nitrogen and oxygen atoms in total. The van der Waals surface area contributed by atoms with Gasteiger partial charge in [-0.05, 0) is 38.2 Å². The molecule has 0 spiro atoms. The topological polar surface area (TPSA) is 83.6 Å². The van der Waals surface area contributed by atoms with Crippen LogP contribution in [0.3, 0.4) is 0 Å². The van der Waals surface area contributed by atoms with Crippen molar-refractivity contribution in [2.45, 2.75) is 43.3 Å². The highest BCUT2D eigenvalue weighted by Crippen LogP contribution is 2.29. The molecule has 2 aromatic rings. The Bertz CT molecular complexity index is 817. The van der Waals surface area contributed by atoms with E-state index in [9.17, 15) is 10.1 Å². The van der Waals surface area contributed by atoms with Crippen molar-refractivity contribution in [3.8, 4) is 17.5 Å². The number of carbonyl (C=O) groups is 1. The molecule has 7 heteroatoms. The van der Waals surface area contributed by atoms with Crippen LogP contribution in [-0.2, 0) is 11.8 Å². The standard InChI is InChI=1S/C18H21N5OS/c1-13-7-3-4-8-14(13)16-21-22-17(23(16)2)25-11-15(24)20-18(12-19)9-5-6-10-18/h3-4,7-8H,5-6,9-11H2,1-2H3,(H,20,24). The third-order valence-corrected chi connectivity index (χ3v) is 5.62. The van der Waals surface area contributed by atoms with Gasteiger partial charge < -0.3 is 9.88 Å². The van der Waals surface area contributed by atoms with E-state index in [-0.39, 0.29) is 11.7 Å². The van der Waals surface area contributed by atoms with Gasteiger partial charge in [0.05, 0.1) is 11.8 Å². The molecule has 25 heavy (non-hydrogen) atoms. The third kappa shape index (κ3) is 3.69. The number of aromatic nitrogens is 3. The highest BCUT2D eigenvalue weighted by Gasteiger charge is 2.35. The van der Waals surface area contributed by atoms with E-state index < -0.39 is 5.54 Å². The molecule has 130 valence electrons. The van der Waals surface area contributed by atoms with Gasteiger partial charge >= 0.3 is 0 Å². The molecular formula is C18H21N5OS. The van der Waals surface area contributed by atoms with Crippen molar-refractivity contribution >= 4 is 17.7 Å². The molecule has 1 aromatic heterocycles. The van der Waals surface area contributed by atoms with Crippen molar-refractivity contribution in [3.63, 3.8) is 0 Å². The van der Waals surface area contributed by atoms with Gasteiger partial charge in [-0.2, -0.15) is 5.26 Å². The van der Waals surface area contributed by atoms with Crippen molar-refractivity contribution < 1.29 is 4.79 Å². The van der Waals surface area contributed by atoms with Gasteiger partial charge in [0.2, 0.25) is 5.91 Å². The second-order valence-electron chi connectivity index (χ2n) is 6.42. The smallest absolute Gasteiger partial charge is 0.231 e. The van der Waals surface area contributed by atoms with E-state index in [0.29, 0.717) is 5.16 Å². The van der Waals surface area contributed by atoms with E-state index in [2.05, 4.69) is 21.6 Å². The second-order valence-corrected chi connectivity index (χ2v) is 7.36. The Labute approximate surface area is 151 Å². The fourth-order valence-corrected chi connectivity index (χ4v) is 3.89. The molecule has 0 saturated heterocycles. The molecule has 1 N–H and O–H groups in total. The molecule has 1 saturated carbocycles. The summed E-state index contributed by atoms with van der Waals surface area (Å²) in [6, 6.07) is 10.3. The van der Waals surface area contributed by atoms with Crippen molar-refractivity contribution in [2.75, 3.05) is 5.75 Å². The number of hydrogen-bond acceptors (Lipinski definition) is 5. The average molecular weight is 355 g/mol. The zero-order valence-corrected chi connectivity index (χ0v) is 15.3. The number of amides is 1. The normalized spacial score (nSPS) is 15.7. The number of hydrogen-bond donors (Lipinski definition) is 1. The first-order valence-electron chi connectivity index (χ1n) is 8.35. The molecule has 1 aliphatic rings. The summed E-state index contributed by atoms with van der Waals surface area (Å²) in [5.74, 6) is 0.877. The minimum Gasteiger partial charge on any atom is -0.337 e. The number of thioether (sulfide) groups is 1. The monoisotopic (exact) mass is 355 g/mol. The number of nitrogens with zero attached hydrogens (tertiary/aromatic N) is 4. The minimum absolute atomic E-state index is 0.131. The lowest BCUT2D eigenvalue weighted by molar-refractivity contribution is -0.119. The average Bonchev–Trinajstić information content (AvgIpc) is 3.21. The first-order chi connectivity index (χ1) is 12.0. The predicted octanol–water partition coefficient (Wildman–Crippen LogP) is 2.84. The van der Waals surface area contributed by atoms with E-state index in [4.69, 9.17) is 0 Å². The van der Waals surface area contributed by atoms with Crippen LogP contribution in [-0.4, -0.2) is 32.0 Å². The summed E-state index contributed by atoms with van der Waals surface area (Å²) < 4.78 is 1.90. The van der Waals surface area contributed by atoms with Gasteiger partial charge in [0, 0.05) is 12.6 Å². The summed E-state index contributed by atoms with van der Waals surface area (Å²) in [6.07, 6.45) is 3.46. The number of benzene rings is 1. The molecule has 0 bridgehead atoms. The number of nitrogens with one attached hydrogen (secondary N) is 1. The zero-order chi connectivity index (χ0) is 17.9. The Balaban J connectivity index is 1.66. The fourth-order valence-electron chi connectivity index (χ4n) is 3.18. The highest BCUT2D eigenvalue weighted by atomic mass is 32.2. The van der Waals surface area contributed by atoms with Crippen LogP contribution in [0.15, 0.2) is 29.4 Å². The zero-order valence-electron chi connectivity index (χ0n) is 14.5. The molecule has 1 fully saturated rings. The second kappa shape index (κ2) is 7.28. The lowest BCUT2D eigenvalue weighted by Gasteiger charge is -2.21. The summed E-state index contributed by atoms with van der Waals surface area (Å²) in [6.45, 7) is 2.03. The van der Waals surface area contributed by atoms with E-state index >= 15 is 0 Å². The van der Waals surface area contributed by atoms with Crippen LogP contribution in [0.2, 0.25) is 0 Å². The summed E-state index contributed by atoms with van der Waals surface area (Å²) in [5, 5.41) is 21.4. The number of carbonyl (C=O) groups excluding carboxylic acids is 1. The molecular weight excluding hydrogens is 334 g/mol. The molecule has 1 aliphatic carbocycles. The predicted molar refractivity (Wildman–Crippen MR) is 96.9 cm³/mol. The lowest BCUT2D eigenvalue weighted by atomic mass is 10.0. The van der Waals surface area contributed by atoms with Crippen molar-refractivity contribution in [2.24, 2.45) is 7.05 Å². The van der Waals surface area contributed by atoms with E-state index in [1.807, 2.05) is 42.8 Å². The Morgan fingerprint density at radius 1 is 1.36 bits per heavy atom. The van der Waals surface area contributed by atoms with Gasteiger partial charge in [-0.25, -0.2) is 0 Å². The Kier molecular flexibility index (Phi) is 5.09. The molecule has 0 aliphatic heterocycles. The molecule has 3 rings (SSSR count). The SMILES string of the molecule is Cc1ccccc1-c1nnc(SCC(=O)NC2(C#N)CCCC2)n1C. The maximum atomic E-state index is 12.2. The van der Waals surface area contributed by atoms with E-state index in [1.165, 1.54) is 11.8 Å². The van der Waals surface area contributed by atoms with Crippen LogP contribution < -0.4 is 5.32 Å². The molecule has 1 amide bonds. The summed E-state index contributed by atoms with van der Waals surface area (Å²) in [4.78, 5) is 12.2. The molecule has 1 aromatic carbocycles. The third-order valence-electron chi connectivity index (χ3n) is 4.60. The van der Waals surface area contributed by atoms with Crippen LogP contribution in [0.1, 0.15) is 31.2 Å². The minimum atomic E-state index is -0.677. The molecule has 1 heterocycles. The Hall–Kier alpha value is -2.33. The quantitative estimate of drug-likeness (QED) is 0.834. The summed E-state index contributed by atoms with van der Waals surface area (Å²) in [7, 11) is 1.90. The summed E-state index contributed by atoms with van der Waals surface area (Å²) >= 11 is 1.34. The van der Waals surface area contributed by atoms with Crippen LogP contribution in [0.4, 0.5) is 0 Å². The van der Waals surface area contributed by atoms with Crippen LogP contribution in [0, 0.1) is 18.3 Å². The van der Waals surface area contributed by atoms with Gasteiger partial charge in [-0.15, -0.1) is 10.2 Å². The van der Waals surface area contributed by atoms with Gasteiger partial charge in [-0.3, -0.25) is 4.79 Å². The summed E-state index contributed by atoms with van der Waals surface area (Å²) in [5.41, 5.74) is 1.48. The molecule has 0 unspecified atom stereocenters. The van der Waals surface area contributed by atoms with Gasteiger partial charge in [0.1, 0.15) is 5.54 Å². The van der Waals surface area contributed by atoms with Crippen molar-refractivity contribution in [3.05, 3.63) is 29.8 Å². The van der Waals surface area contributed by atoms with Crippen LogP contribution >= 0.6 is 11.8 Å². The van der Waals surface area contributed by atoms with Crippen LogP contribution in [0.5, 0.6) is 0 Å². The maximum absolute atomic E-state index is 12.2. The number of aryl methyl sites for hydroxylation is 1. The van der Waals surface area contributed by atoms with Crippen molar-refractivity contribution in [1.82, 2.24) is 20.1 Å². The van der Waals surface area contributed by atoms with Crippen LogP contribution in [0.25, 0.3) is 11.4 Å². The van der Waals surface area contributed by atoms with Gasteiger partial charge in [0.25, 0.3) is 0 Å². The Morgan fingerprint density at radius 3 is 2.76 bits per heavy atom. The van der Waals surface area contributed by atoms with Crippen molar-refractivity contribution in [1.29, 1.82) is 5.26 Å². The van der Waals surface area contributed by atoms with E-state index in [0.717, 1.165) is 42.6 Å². The maximum Gasteiger partial charge on any atom is 0.231 e.